The van der Waals surface area contributed by atoms with Gasteiger partial charge in [0.15, 0.2) is 0 Å². The highest BCUT2D eigenvalue weighted by Gasteiger charge is 2.11. The molecule has 0 saturated carbocycles. The Morgan fingerprint density at radius 1 is 1.29 bits per heavy atom. The van der Waals surface area contributed by atoms with E-state index in [4.69, 9.17) is 0 Å². The molecule has 0 unspecified atom stereocenters. The Balaban J connectivity index is 1.97. The Morgan fingerprint density at radius 3 is 2.94 bits per heavy atom. The van der Waals surface area contributed by atoms with E-state index in [1.54, 1.807) is 0 Å². The van der Waals surface area contributed by atoms with Gasteiger partial charge in [0.1, 0.15) is 0 Å². The SMILES string of the molecule is CCCCN(CC)Cc1ccc2c(c1)CCN2. The number of benzene rings is 1. The topological polar surface area (TPSA) is 15.3 Å². The fourth-order valence-corrected chi connectivity index (χ4v) is 2.45. The summed E-state index contributed by atoms with van der Waals surface area (Å²) in [5.41, 5.74) is 4.30. The number of unbranched alkanes of at least 4 members (excludes halogenated alkanes) is 1. The summed E-state index contributed by atoms with van der Waals surface area (Å²) in [7, 11) is 0. The third kappa shape index (κ3) is 3.22. The standard InChI is InChI=1S/C15H24N2/c1-3-5-10-17(4-2)12-13-6-7-15-14(11-13)8-9-16-15/h6-7,11,16H,3-5,8-10,12H2,1-2H3. The van der Waals surface area contributed by atoms with Gasteiger partial charge in [0, 0.05) is 18.8 Å². The largest absolute Gasteiger partial charge is 0.384 e. The lowest BCUT2D eigenvalue weighted by atomic mass is 10.1. The molecule has 0 amide bonds. The van der Waals surface area contributed by atoms with Crippen LogP contribution in [0.5, 0.6) is 0 Å². The van der Waals surface area contributed by atoms with E-state index in [2.05, 4.69) is 42.3 Å². The first-order chi connectivity index (χ1) is 8.33. The number of nitrogens with zero attached hydrogens (tertiary/aromatic N) is 1. The van der Waals surface area contributed by atoms with Gasteiger partial charge in [-0.15, -0.1) is 0 Å². The third-order valence-corrected chi connectivity index (χ3v) is 3.56. The molecule has 0 saturated heterocycles. The molecule has 2 nitrogen and oxygen atoms in total. The number of hydrogen-bond acceptors (Lipinski definition) is 2. The van der Waals surface area contributed by atoms with Crippen molar-refractivity contribution < 1.29 is 0 Å². The Bertz CT molecular complexity index is 360. The van der Waals surface area contributed by atoms with E-state index in [1.165, 1.54) is 42.6 Å². The minimum atomic E-state index is 1.10. The summed E-state index contributed by atoms with van der Waals surface area (Å²) in [6.07, 6.45) is 3.77. The van der Waals surface area contributed by atoms with Crippen molar-refractivity contribution in [2.24, 2.45) is 0 Å². The van der Waals surface area contributed by atoms with Gasteiger partial charge in [0.05, 0.1) is 0 Å². The highest BCUT2D eigenvalue weighted by atomic mass is 15.1. The maximum absolute atomic E-state index is 3.42. The minimum Gasteiger partial charge on any atom is -0.384 e. The second kappa shape index (κ2) is 6.06. The van der Waals surface area contributed by atoms with E-state index >= 15 is 0 Å². The zero-order valence-electron chi connectivity index (χ0n) is 11.1. The number of rotatable bonds is 6. The molecule has 0 aromatic heterocycles. The van der Waals surface area contributed by atoms with Crippen molar-refractivity contribution in [2.75, 3.05) is 25.0 Å². The summed E-state index contributed by atoms with van der Waals surface area (Å²) in [6, 6.07) is 6.89. The molecule has 0 radical (unpaired) electrons. The molecular weight excluding hydrogens is 208 g/mol. The van der Waals surface area contributed by atoms with E-state index in [0.717, 1.165) is 19.6 Å². The van der Waals surface area contributed by atoms with Crippen molar-refractivity contribution in [2.45, 2.75) is 39.7 Å². The summed E-state index contributed by atoms with van der Waals surface area (Å²) in [5.74, 6) is 0. The van der Waals surface area contributed by atoms with Crippen LogP contribution in [0, 0.1) is 0 Å². The van der Waals surface area contributed by atoms with Gasteiger partial charge in [-0.25, -0.2) is 0 Å². The number of anilines is 1. The van der Waals surface area contributed by atoms with Crippen LogP contribution >= 0.6 is 0 Å². The molecule has 0 spiro atoms. The van der Waals surface area contributed by atoms with Crippen LogP contribution in [0.3, 0.4) is 0 Å². The maximum Gasteiger partial charge on any atom is 0.0373 e. The summed E-state index contributed by atoms with van der Waals surface area (Å²) in [5, 5.41) is 3.42. The first kappa shape index (κ1) is 12.4. The average Bonchev–Trinajstić information content (AvgIpc) is 2.81. The molecule has 1 aromatic carbocycles. The van der Waals surface area contributed by atoms with Crippen molar-refractivity contribution in [3.8, 4) is 0 Å². The van der Waals surface area contributed by atoms with Crippen LogP contribution in [-0.2, 0) is 13.0 Å². The molecule has 0 fully saturated rings. The first-order valence-electron chi connectivity index (χ1n) is 6.91. The molecule has 94 valence electrons. The summed E-state index contributed by atoms with van der Waals surface area (Å²) in [4.78, 5) is 2.54. The van der Waals surface area contributed by atoms with E-state index in [0.29, 0.717) is 0 Å². The zero-order valence-corrected chi connectivity index (χ0v) is 11.1. The molecule has 1 N–H and O–H groups in total. The smallest absolute Gasteiger partial charge is 0.0373 e. The summed E-state index contributed by atoms with van der Waals surface area (Å²) in [6.45, 7) is 9.09. The maximum atomic E-state index is 3.42. The second-order valence-electron chi connectivity index (χ2n) is 4.89. The van der Waals surface area contributed by atoms with Gasteiger partial charge < -0.3 is 5.32 Å². The van der Waals surface area contributed by atoms with Gasteiger partial charge in [-0.3, -0.25) is 4.90 Å². The van der Waals surface area contributed by atoms with Crippen LogP contribution in [-0.4, -0.2) is 24.5 Å². The van der Waals surface area contributed by atoms with Crippen LogP contribution in [0.4, 0.5) is 5.69 Å². The molecular formula is C15H24N2. The first-order valence-corrected chi connectivity index (χ1v) is 6.91. The third-order valence-electron chi connectivity index (χ3n) is 3.56. The molecule has 1 aromatic rings. The Hall–Kier alpha value is -1.02. The number of nitrogens with one attached hydrogen (secondary N) is 1. The van der Waals surface area contributed by atoms with Crippen molar-refractivity contribution in [1.82, 2.24) is 4.90 Å². The molecule has 1 aliphatic heterocycles. The zero-order chi connectivity index (χ0) is 12.1. The Kier molecular flexibility index (Phi) is 4.43. The van der Waals surface area contributed by atoms with Gasteiger partial charge >= 0.3 is 0 Å². The van der Waals surface area contributed by atoms with Gasteiger partial charge in [-0.1, -0.05) is 32.4 Å². The van der Waals surface area contributed by atoms with E-state index in [1.807, 2.05) is 0 Å². The van der Waals surface area contributed by atoms with Crippen molar-refractivity contribution in [3.63, 3.8) is 0 Å². The predicted octanol–water partition coefficient (Wildman–Crippen LogP) is 3.28. The quantitative estimate of drug-likeness (QED) is 0.809. The Morgan fingerprint density at radius 2 is 2.18 bits per heavy atom. The minimum absolute atomic E-state index is 1.10. The van der Waals surface area contributed by atoms with E-state index in [-0.39, 0.29) is 0 Å². The monoisotopic (exact) mass is 232 g/mol. The van der Waals surface area contributed by atoms with Crippen molar-refractivity contribution in [3.05, 3.63) is 29.3 Å². The average molecular weight is 232 g/mol. The molecule has 0 atom stereocenters. The van der Waals surface area contributed by atoms with E-state index < -0.39 is 0 Å². The fourth-order valence-electron chi connectivity index (χ4n) is 2.45. The van der Waals surface area contributed by atoms with Crippen LogP contribution in [0.1, 0.15) is 37.8 Å². The molecule has 1 heterocycles. The second-order valence-corrected chi connectivity index (χ2v) is 4.89. The van der Waals surface area contributed by atoms with Gasteiger partial charge in [-0.05, 0) is 43.1 Å². The molecule has 1 aliphatic rings. The number of fused-ring (bicyclic) bond motifs is 1. The summed E-state index contributed by atoms with van der Waals surface area (Å²) >= 11 is 0. The molecule has 17 heavy (non-hydrogen) atoms. The lowest BCUT2D eigenvalue weighted by Gasteiger charge is -2.20. The lowest BCUT2D eigenvalue weighted by Crippen LogP contribution is -2.23. The highest BCUT2D eigenvalue weighted by molar-refractivity contribution is 5.56. The van der Waals surface area contributed by atoms with Crippen LogP contribution in [0.2, 0.25) is 0 Å². The van der Waals surface area contributed by atoms with Crippen LogP contribution in [0.25, 0.3) is 0 Å². The summed E-state index contributed by atoms with van der Waals surface area (Å²) < 4.78 is 0. The highest BCUT2D eigenvalue weighted by Crippen LogP contribution is 2.23. The van der Waals surface area contributed by atoms with Gasteiger partial charge in [-0.2, -0.15) is 0 Å². The Labute approximate surface area is 105 Å². The lowest BCUT2D eigenvalue weighted by molar-refractivity contribution is 0.275. The molecule has 2 rings (SSSR count). The van der Waals surface area contributed by atoms with Crippen LogP contribution in [0.15, 0.2) is 18.2 Å². The normalized spacial score (nSPS) is 13.8. The predicted molar refractivity (Wildman–Crippen MR) is 74.5 cm³/mol. The molecule has 0 aliphatic carbocycles. The van der Waals surface area contributed by atoms with Crippen molar-refractivity contribution >= 4 is 5.69 Å². The molecule has 0 bridgehead atoms. The van der Waals surface area contributed by atoms with Gasteiger partial charge in [0.25, 0.3) is 0 Å². The number of hydrogen-bond donors (Lipinski definition) is 1. The van der Waals surface area contributed by atoms with Gasteiger partial charge in [0.2, 0.25) is 0 Å². The van der Waals surface area contributed by atoms with Crippen molar-refractivity contribution in [1.29, 1.82) is 0 Å². The molecule has 2 heteroatoms. The van der Waals surface area contributed by atoms with Crippen LogP contribution < -0.4 is 5.32 Å². The fraction of sp³-hybridized carbons (Fsp3) is 0.600. The van der Waals surface area contributed by atoms with E-state index in [9.17, 15) is 0 Å².